The van der Waals surface area contributed by atoms with Gasteiger partial charge in [-0.3, -0.25) is 4.68 Å². The van der Waals surface area contributed by atoms with E-state index >= 15 is 0 Å². The molecule has 0 atom stereocenters. The van der Waals surface area contributed by atoms with Crippen LogP contribution in [0.1, 0.15) is 5.69 Å². The summed E-state index contributed by atoms with van der Waals surface area (Å²) in [5.74, 6) is 0.834. The van der Waals surface area contributed by atoms with Crippen molar-refractivity contribution in [2.75, 3.05) is 14.2 Å². The van der Waals surface area contributed by atoms with Crippen molar-refractivity contribution in [2.45, 2.75) is 6.54 Å². The third-order valence-corrected chi connectivity index (χ3v) is 3.62. The van der Waals surface area contributed by atoms with E-state index < -0.39 is 0 Å². The number of aromatic nitrogens is 2. The number of aryl methyl sites for hydroxylation is 1. The van der Waals surface area contributed by atoms with Gasteiger partial charge >= 0.3 is 0 Å². The summed E-state index contributed by atoms with van der Waals surface area (Å²) in [6.07, 6.45) is 0. The Morgan fingerprint density at radius 3 is 2.89 bits per heavy atom. The molecule has 1 heterocycles. The molecule has 4 nitrogen and oxygen atoms in total. The van der Waals surface area contributed by atoms with Gasteiger partial charge in [-0.05, 0) is 35.1 Å². The highest BCUT2D eigenvalue weighted by Crippen LogP contribution is 2.31. The summed E-state index contributed by atoms with van der Waals surface area (Å²) in [5, 5.41) is 7.69. The third kappa shape index (κ3) is 2.42. The maximum atomic E-state index is 5.24. The number of hydrogen-bond acceptors (Lipinski definition) is 3. The average molecular weight is 310 g/mol. The maximum absolute atomic E-state index is 5.24. The van der Waals surface area contributed by atoms with Crippen LogP contribution in [0.25, 0.3) is 11.3 Å². The smallest absolute Gasteiger partial charge is 0.119 e. The molecular formula is C13H16BrN3O. The van der Waals surface area contributed by atoms with Crippen molar-refractivity contribution in [2.24, 2.45) is 7.05 Å². The number of nitrogens with zero attached hydrogens (tertiary/aromatic N) is 2. The van der Waals surface area contributed by atoms with Crippen LogP contribution in [0, 0.1) is 0 Å². The molecule has 2 rings (SSSR count). The highest BCUT2D eigenvalue weighted by atomic mass is 79.9. The predicted octanol–water partition coefficient (Wildman–Crippen LogP) is 2.58. The maximum Gasteiger partial charge on any atom is 0.119 e. The minimum atomic E-state index is 0.772. The molecule has 1 aromatic carbocycles. The minimum Gasteiger partial charge on any atom is -0.497 e. The van der Waals surface area contributed by atoms with Crippen molar-refractivity contribution < 1.29 is 4.74 Å². The number of benzene rings is 1. The SMILES string of the molecule is CNCc1c(Br)c(-c2cccc(OC)c2)nn1C. The summed E-state index contributed by atoms with van der Waals surface area (Å²) in [4.78, 5) is 0. The number of ether oxygens (including phenoxy) is 1. The second-order valence-corrected chi connectivity index (χ2v) is 4.79. The zero-order chi connectivity index (χ0) is 13.1. The standard InChI is InChI=1S/C13H16BrN3O/c1-15-8-11-12(14)13(16-17(11)2)9-5-4-6-10(7-9)18-3/h4-7,15H,8H2,1-3H3. The summed E-state index contributed by atoms with van der Waals surface area (Å²) in [7, 11) is 5.53. The van der Waals surface area contributed by atoms with Gasteiger partial charge in [-0.25, -0.2) is 0 Å². The van der Waals surface area contributed by atoms with E-state index in [2.05, 4.69) is 26.3 Å². The number of nitrogens with one attached hydrogen (secondary N) is 1. The van der Waals surface area contributed by atoms with Gasteiger partial charge in [0.1, 0.15) is 11.4 Å². The average Bonchev–Trinajstić information content (AvgIpc) is 2.67. The second kappa shape index (κ2) is 5.54. The Morgan fingerprint density at radius 2 is 2.22 bits per heavy atom. The fraction of sp³-hybridized carbons (Fsp3) is 0.308. The number of rotatable bonds is 4. The van der Waals surface area contributed by atoms with Gasteiger partial charge in [-0.15, -0.1) is 0 Å². The molecule has 0 aliphatic heterocycles. The minimum absolute atomic E-state index is 0.772. The van der Waals surface area contributed by atoms with Gasteiger partial charge in [-0.2, -0.15) is 5.10 Å². The first-order valence-electron chi connectivity index (χ1n) is 5.67. The molecule has 0 radical (unpaired) electrons. The van der Waals surface area contributed by atoms with E-state index in [1.807, 2.05) is 43.0 Å². The van der Waals surface area contributed by atoms with Crippen LogP contribution in [0.15, 0.2) is 28.7 Å². The molecule has 0 saturated carbocycles. The summed E-state index contributed by atoms with van der Waals surface area (Å²) >= 11 is 3.62. The summed E-state index contributed by atoms with van der Waals surface area (Å²) in [5.41, 5.74) is 3.09. The topological polar surface area (TPSA) is 39.1 Å². The van der Waals surface area contributed by atoms with Gasteiger partial charge in [0.05, 0.1) is 17.3 Å². The van der Waals surface area contributed by atoms with E-state index in [1.54, 1.807) is 7.11 Å². The second-order valence-electron chi connectivity index (χ2n) is 4.00. The summed E-state index contributed by atoms with van der Waals surface area (Å²) < 4.78 is 8.14. The summed E-state index contributed by atoms with van der Waals surface area (Å²) in [6, 6.07) is 7.90. The van der Waals surface area contributed by atoms with Gasteiger partial charge in [0.2, 0.25) is 0 Å². The molecule has 0 aliphatic rings. The van der Waals surface area contributed by atoms with Crippen molar-refractivity contribution in [3.63, 3.8) is 0 Å². The molecule has 0 aliphatic carbocycles. The van der Waals surface area contributed by atoms with Crippen LogP contribution in [0.3, 0.4) is 0 Å². The quantitative estimate of drug-likeness (QED) is 0.943. The Kier molecular flexibility index (Phi) is 4.04. The zero-order valence-corrected chi connectivity index (χ0v) is 12.3. The van der Waals surface area contributed by atoms with Gasteiger partial charge in [0, 0.05) is 19.2 Å². The largest absolute Gasteiger partial charge is 0.497 e. The Labute approximate surface area is 115 Å². The molecule has 1 aromatic heterocycles. The third-order valence-electron chi connectivity index (χ3n) is 2.79. The zero-order valence-electron chi connectivity index (χ0n) is 10.7. The molecule has 1 N–H and O–H groups in total. The lowest BCUT2D eigenvalue weighted by molar-refractivity contribution is 0.415. The van der Waals surface area contributed by atoms with Crippen LogP contribution in [-0.2, 0) is 13.6 Å². The molecule has 0 spiro atoms. The first-order chi connectivity index (χ1) is 8.67. The highest BCUT2D eigenvalue weighted by Gasteiger charge is 2.14. The fourth-order valence-electron chi connectivity index (χ4n) is 1.85. The molecule has 96 valence electrons. The van der Waals surface area contributed by atoms with E-state index in [-0.39, 0.29) is 0 Å². The van der Waals surface area contributed by atoms with Gasteiger partial charge in [0.25, 0.3) is 0 Å². The van der Waals surface area contributed by atoms with E-state index in [4.69, 9.17) is 4.74 Å². The predicted molar refractivity (Wildman–Crippen MR) is 75.7 cm³/mol. The number of methoxy groups -OCH3 is 1. The van der Waals surface area contributed by atoms with Crippen molar-refractivity contribution in [3.8, 4) is 17.0 Å². The number of hydrogen-bond donors (Lipinski definition) is 1. The van der Waals surface area contributed by atoms with Crippen molar-refractivity contribution in [1.82, 2.24) is 15.1 Å². The lowest BCUT2D eigenvalue weighted by Gasteiger charge is -2.02. The molecule has 0 unspecified atom stereocenters. The lowest BCUT2D eigenvalue weighted by atomic mass is 10.1. The van der Waals surface area contributed by atoms with E-state index in [0.29, 0.717) is 0 Å². The Bertz CT molecular complexity index is 551. The molecule has 0 amide bonds. The lowest BCUT2D eigenvalue weighted by Crippen LogP contribution is -2.10. The normalized spacial score (nSPS) is 10.7. The monoisotopic (exact) mass is 309 g/mol. The van der Waals surface area contributed by atoms with Crippen molar-refractivity contribution in [1.29, 1.82) is 0 Å². The molecule has 5 heteroatoms. The Hall–Kier alpha value is -1.33. The van der Waals surface area contributed by atoms with Crippen LogP contribution in [0.5, 0.6) is 5.75 Å². The fourth-order valence-corrected chi connectivity index (χ4v) is 2.55. The first kappa shape index (κ1) is 13.1. The van der Waals surface area contributed by atoms with Crippen LogP contribution >= 0.6 is 15.9 Å². The van der Waals surface area contributed by atoms with Crippen LogP contribution in [-0.4, -0.2) is 23.9 Å². The molecule has 2 aromatic rings. The Morgan fingerprint density at radius 1 is 1.44 bits per heavy atom. The first-order valence-corrected chi connectivity index (χ1v) is 6.47. The molecule has 0 fully saturated rings. The van der Waals surface area contributed by atoms with Gasteiger partial charge in [0.15, 0.2) is 0 Å². The van der Waals surface area contributed by atoms with Gasteiger partial charge < -0.3 is 10.1 Å². The van der Waals surface area contributed by atoms with Crippen LogP contribution in [0.2, 0.25) is 0 Å². The molecular weight excluding hydrogens is 294 g/mol. The van der Waals surface area contributed by atoms with Crippen molar-refractivity contribution >= 4 is 15.9 Å². The van der Waals surface area contributed by atoms with E-state index in [9.17, 15) is 0 Å². The van der Waals surface area contributed by atoms with Gasteiger partial charge in [-0.1, -0.05) is 12.1 Å². The highest BCUT2D eigenvalue weighted by molar-refractivity contribution is 9.10. The number of halogens is 1. The summed E-state index contributed by atoms with van der Waals surface area (Å²) in [6.45, 7) is 0.772. The molecule has 0 saturated heterocycles. The molecule has 18 heavy (non-hydrogen) atoms. The van der Waals surface area contributed by atoms with E-state index in [0.717, 1.165) is 33.7 Å². The van der Waals surface area contributed by atoms with E-state index in [1.165, 1.54) is 0 Å². The van der Waals surface area contributed by atoms with Crippen molar-refractivity contribution in [3.05, 3.63) is 34.4 Å². The van der Waals surface area contributed by atoms with Crippen LogP contribution < -0.4 is 10.1 Å². The Balaban J connectivity index is 2.47. The van der Waals surface area contributed by atoms with Crippen LogP contribution in [0.4, 0.5) is 0 Å². The molecule has 0 bridgehead atoms.